The van der Waals surface area contributed by atoms with Crippen LogP contribution in [0, 0.1) is 0 Å². The third kappa shape index (κ3) is 3.43. The van der Waals surface area contributed by atoms with Crippen molar-refractivity contribution in [2.75, 3.05) is 6.54 Å². The van der Waals surface area contributed by atoms with Gasteiger partial charge in [-0.2, -0.15) is 0 Å². The first kappa shape index (κ1) is 7.51. The summed E-state index contributed by atoms with van der Waals surface area (Å²) in [6, 6.07) is 0. The summed E-state index contributed by atoms with van der Waals surface area (Å²) in [6.07, 6.45) is 3.84. The van der Waals surface area contributed by atoms with Crippen LogP contribution in [0.5, 0.6) is 0 Å². The summed E-state index contributed by atoms with van der Waals surface area (Å²) in [7, 11) is 0. The van der Waals surface area contributed by atoms with Gasteiger partial charge in [-0.3, -0.25) is 0 Å². The zero-order valence-corrected chi connectivity index (χ0v) is 5.95. The lowest BCUT2D eigenvalue weighted by molar-refractivity contribution is 0.0260. The van der Waals surface area contributed by atoms with Crippen LogP contribution in [0.4, 0.5) is 8.78 Å². The van der Waals surface area contributed by atoms with Crippen molar-refractivity contribution >= 4 is 0 Å². The number of alkyl halides is 2. The molecular formula is C7H11F2N. The Balaban J connectivity index is 2.10. The van der Waals surface area contributed by atoms with Crippen molar-refractivity contribution in [2.45, 2.75) is 25.7 Å². The molecule has 0 atom stereocenters. The van der Waals surface area contributed by atoms with Crippen molar-refractivity contribution < 1.29 is 8.78 Å². The van der Waals surface area contributed by atoms with Gasteiger partial charge in [0.2, 0.25) is 0 Å². The molecule has 1 rings (SSSR count). The van der Waals surface area contributed by atoms with Crippen LogP contribution in [0.3, 0.4) is 0 Å². The van der Waals surface area contributed by atoms with E-state index in [4.69, 9.17) is 0 Å². The molecule has 0 aromatic heterocycles. The van der Waals surface area contributed by atoms with Gasteiger partial charge >= 0.3 is 0 Å². The Hall–Kier alpha value is -0.600. The normalized spacial score (nSPS) is 16.9. The van der Waals surface area contributed by atoms with Gasteiger partial charge in [0.25, 0.3) is 5.92 Å². The molecule has 1 aliphatic rings. The predicted molar refractivity (Wildman–Crippen MR) is 35.9 cm³/mol. The van der Waals surface area contributed by atoms with E-state index in [2.05, 4.69) is 5.32 Å². The highest BCUT2D eigenvalue weighted by atomic mass is 19.3. The molecule has 0 amide bonds. The molecule has 1 N–H and O–H groups in total. The smallest absolute Gasteiger partial charge is 0.262 e. The van der Waals surface area contributed by atoms with Crippen molar-refractivity contribution in [3.05, 3.63) is 11.8 Å². The van der Waals surface area contributed by atoms with Gasteiger partial charge in [-0.1, -0.05) is 5.57 Å². The Morgan fingerprint density at radius 2 is 2.20 bits per heavy atom. The molecule has 0 heterocycles. The second kappa shape index (κ2) is 2.56. The van der Waals surface area contributed by atoms with Gasteiger partial charge in [0.05, 0.1) is 6.54 Å². The highest BCUT2D eigenvalue weighted by Crippen LogP contribution is 2.26. The maximum atomic E-state index is 12.1. The van der Waals surface area contributed by atoms with E-state index < -0.39 is 5.92 Å². The second-order valence-corrected chi connectivity index (χ2v) is 2.75. The molecule has 1 aliphatic carbocycles. The summed E-state index contributed by atoms with van der Waals surface area (Å²) >= 11 is 0. The van der Waals surface area contributed by atoms with Crippen LogP contribution in [-0.4, -0.2) is 12.5 Å². The Labute approximate surface area is 59.1 Å². The fraction of sp³-hybridized carbons (Fsp3) is 0.714. The molecule has 0 unspecified atom stereocenters. The third-order valence-corrected chi connectivity index (χ3v) is 1.26. The number of nitrogens with one attached hydrogen (secondary N) is 1. The molecule has 1 saturated carbocycles. The predicted octanol–water partition coefficient (Wildman–Crippen LogP) is 1.91. The Kier molecular flexibility index (Phi) is 1.92. The quantitative estimate of drug-likeness (QED) is 0.643. The first-order valence-corrected chi connectivity index (χ1v) is 3.37. The van der Waals surface area contributed by atoms with Gasteiger partial charge in [-0.05, 0) is 19.0 Å². The monoisotopic (exact) mass is 147 g/mol. The Morgan fingerprint density at radius 3 is 2.60 bits per heavy atom. The molecule has 1 nitrogen and oxygen atoms in total. The fourth-order valence-corrected chi connectivity index (χ4v) is 0.591. The van der Waals surface area contributed by atoms with Crippen LogP contribution in [-0.2, 0) is 0 Å². The van der Waals surface area contributed by atoms with Crippen LogP contribution < -0.4 is 5.32 Å². The molecule has 0 spiro atoms. The maximum absolute atomic E-state index is 12.1. The molecule has 58 valence electrons. The highest BCUT2D eigenvalue weighted by Gasteiger charge is 2.20. The van der Waals surface area contributed by atoms with E-state index in [1.54, 1.807) is 6.20 Å². The number of allylic oxidation sites excluding steroid dienone is 1. The lowest BCUT2D eigenvalue weighted by Crippen LogP contribution is -2.26. The first-order chi connectivity index (χ1) is 4.58. The highest BCUT2D eigenvalue weighted by molar-refractivity contribution is 5.15. The topological polar surface area (TPSA) is 12.0 Å². The van der Waals surface area contributed by atoms with Gasteiger partial charge in [-0.25, -0.2) is 8.78 Å². The van der Waals surface area contributed by atoms with Crippen molar-refractivity contribution in [3.8, 4) is 0 Å². The van der Waals surface area contributed by atoms with E-state index in [-0.39, 0.29) is 6.54 Å². The number of hydrogen-bond acceptors (Lipinski definition) is 1. The maximum Gasteiger partial charge on any atom is 0.262 e. The summed E-state index contributed by atoms with van der Waals surface area (Å²) in [5, 5.41) is 2.58. The Morgan fingerprint density at radius 1 is 1.60 bits per heavy atom. The van der Waals surface area contributed by atoms with Crippen LogP contribution in [0.25, 0.3) is 0 Å². The molecule has 1 fully saturated rings. The van der Waals surface area contributed by atoms with E-state index in [0.717, 1.165) is 19.8 Å². The number of halogens is 2. The minimum absolute atomic E-state index is 0.253. The zero-order chi connectivity index (χ0) is 7.61. The van der Waals surface area contributed by atoms with Crippen molar-refractivity contribution in [1.29, 1.82) is 0 Å². The third-order valence-electron chi connectivity index (χ3n) is 1.26. The van der Waals surface area contributed by atoms with Gasteiger partial charge in [0, 0.05) is 6.92 Å². The van der Waals surface area contributed by atoms with E-state index in [1.165, 1.54) is 5.57 Å². The largest absolute Gasteiger partial charge is 0.385 e. The second-order valence-electron chi connectivity index (χ2n) is 2.75. The molecule has 0 radical (unpaired) electrons. The molecule has 0 saturated heterocycles. The molecule has 3 heteroatoms. The van der Waals surface area contributed by atoms with Crippen molar-refractivity contribution in [3.63, 3.8) is 0 Å². The van der Waals surface area contributed by atoms with E-state index in [0.29, 0.717) is 0 Å². The lowest BCUT2D eigenvalue weighted by Gasteiger charge is -2.08. The first-order valence-electron chi connectivity index (χ1n) is 3.37. The van der Waals surface area contributed by atoms with E-state index in [9.17, 15) is 8.78 Å². The molecule has 0 bridgehead atoms. The lowest BCUT2D eigenvalue weighted by atomic mass is 10.4. The van der Waals surface area contributed by atoms with Crippen LogP contribution in [0.2, 0.25) is 0 Å². The summed E-state index contributed by atoms with van der Waals surface area (Å²) < 4.78 is 24.2. The minimum Gasteiger partial charge on any atom is -0.385 e. The average molecular weight is 147 g/mol. The van der Waals surface area contributed by atoms with Crippen molar-refractivity contribution in [1.82, 2.24) is 5.32 Å². The zero-order valence-electron chi connectivity index (χ0n) is 5.95. The molecule has 0 aromatic carbocycles. The molecule has 0 aromatic rings. The van der Waals surface area contributed by atoms with Gasteiger partial charge in [0.1, 0.15) is 0 Å². The van der Waals surface area contributed by atoms with Crippen LogP contribution in [0.1, 0.15) is 19.8 Å². The van der Waals surface area contributed by atoms with Gasteiger partial charge in [0.15, 0.2) is 0 Å². The fourth-order valence-electron chi connectivity index (χ4n) is 0.591. The SMILES string of the molecule is CC(F)(F)CNC=C1CC1. The summed E-state index contributed by atoms with van der Waals surface area (Å²) in [5.74, 6) is -2.59. The van der Waals surface area contributed by atoms with Crippen LogP contribution >= 0.6 is 0 Å². The Bertz CT molecular complexity index is 140. The minimum atomic E-state index is -2.59. The van der Waals surface area contributed by atoms with E-state index in [1.807, 2.05) is 0 Å². The number of hydrogen-bond donors (Lipinski definition) is 1. The number of rotatable bonds is 3. The summed E-state index contributed by atoms with van der Waals surface area (Å²) in [5.41, 5.74) is 1.24. The molecule has 0 aliphatic heterocycles. The van der Waals surface area contributed by atoms with E-state index >= 15 is 0 Å². The summed E-state index contributed by atoms with van der Waals surface area (Å²) in [6.45, 7) is 0.655. The molecular weight excluding hydrogens is 136 g/mol. The standard InChI is InChI=1S/C7H11F2N/c1-7(8,9)5-10-4-6-2-3-6/h4,10H,2-3,5H2,1H3. The average Bonchev–Trinajstić information content (AvgIpc) is 2.45. The summed E-state index contributed by atoms with van der Waals surface area (Å²) in [4.78, 5) is 0. The van der Waals surface area contributed by atoms with Gasteiger partial charge in [-0.15, -0.1) is 0 Å². The molecule has 10 heavy (non-hydrogen) atoms. The van der Waals surface area contributed by atoms with Crippen LogP contribution in [0.15, 0.2) is 11.8 Å². The van der Waals surface area contributed by atoms with Crippen molar-refractivity contribution in [2.24, 2.45) is 0 Å². The van der Waals surface area contributed by atoms with Gasteiger partial charge < -0.3 is 5.32 Å².